The average molecular weight is 252 g/mol. The van der Waals surface area contributed by atoms with Crippen LogP contribution in [0.2, 0.25) is 0 Å². The molecule has 0 saturated heterocycles. The molecule has 0 heterocycles. The molecule has 0 aliphatic carbocycles. The predicted octanol–water partition coefficient (Wildman–Crippen LogP) is 4.54. The van der Waals surface area contributed by atoms with Gasteiger partial charge in [-0.2, -0.15) is 13.2 Å². The molecule has 0 aliphatic heterocycles. The van der Waals surface area contributed by atoms with Crippen LogP contribution in [0.4, 0.5) is 17.6 Å². The highest BCUT2D eigenvalue weighted by Crippen LogP contribution is 2.10. The van der Waals surface area contributed by atoms with Crippen LogP contribution >= 0.6 is 0 Å². The van der Waals surface area contributed by atoms with Crippen LogP contribution in [-0.4, -0.2) is 12.5 Å². The fourth-order valence-electron chi connectivity index (χ4n) is 0.753. The normalized spacial score (nSPS) is 9.41. The summed E-state index contributed by atoms with van der Waals surface area (Å²) in [5, 5.41) is 0. The van der Waals surface area contributed by atoms with E-state index in [1.165, 1.54) is 12.1 Å². The molecular formula is C12H16F4O. The third kappa shape index (κ3) is 12.5. The van der Waals surface area contributed by atoms with Gasteiger partial charge in [-0.25, -0.2) is 4.39 Å². The van der Waals surface area contributed by atoms with E-state index < -0.39 is 12.0 Å². The van der Waals surface area contributed by atoms with Crippen molar-refractivity contribution in [3.8, 4) is 0 Å². The Bertz CT molecular complexity index is 326. The Labute approximate surface area is 98.5 Å². The number of hydrogen-bond acceptors (Lipinski definition) is 1. The highest BCUT2D eigenvalue weighted by molar-refractivity contribution is 5.75. The molecule has 0 atom stereocenters. The van der Waals surface area contributed by atoms with E-state index in [0.29, 0.717) is 6.29 Å². The monoisotopic (exact) mass is 252 g/mol. The Morgan fingerprint density at radius 3 is 1.88 bits per heavy atom. The Hall–Kier alpha value is -1.39. The van der Waals surface area contributed by atoms with Crippen LogP contribution in [0.25, 0.3) is 0 Å². The van der Waals surface area contributed by atoms with Crippen LogP contribution in [0, 0.1) is 12.7 Å². The Kier molecular flexibility index (Phi) is 9.23. The second-order valence-corrected chi connectivity index (χ2v) is 2.92. The van der Waals surface area contributed by atoms with Crippen LogP contribution in [0.1, 0.15) is 36.7 Å². The van der Waals surface area contributed by atoms with Crippen molar-refractivity contribution in [2.45, 2.75) is 33.9 Å². The first kappa shape index (κ1) is 18.0. The molecular weight excluding hydrogens is 236 g/mol. The topological polar surface area (TPSA) is 17.1 Å². The van der Waals surface area contributed by atoms with Gasteiger partial charge in [-0.15, -0.1) is 0 Å². The number of alkyl halides is 3. The van der Waals surface area contributed by atoms with E-state index in [0.717, 1.165) is 5.56 Å². The second kappa shape index (κ2) is 8.73. The Morgan fingerprint density at radius 2 is 1.59 bits per heavy atom. The minimum absolute atomic E-state index is 0.125. The van der Waals surface area contributed by atoms with Gasteiger partial charge >= 0.3 is 6.18 Å². The summed E-state index contributed by atoms with van der Waals surface area (Å²) in [6.07, 6.45) is -3.48. The summed E-state index contributed by atoms with van der Waals surface area (Å²) in [5.74, 6) is -0.458. The molecule has 0 radical (unpaired) electrons. The van der Waals surface area contributed by atoms with Crippen LogP contribution in [0.3, 0.4) is 0 Å². The average Bonchev–Trinajstić information content (AvgIpc) is 2.22. The van der Waals surface area contributed by atoms with Crippen molar-refractivity contribution in [1.82, 2.24) is 0 Å². The van der Waals surface area contributed by atoms with Crippen molar-refractivity contribution in [3.63, 3.8) is 0 Å². The summed E-state index contributed by atoms with van der Waals surface area (Å²) in [6.45, 7) is 6.00. The number of aldehydes is 1. The number of carbonyl (C=O) groups is 1. The first-order chi connectivity index (χ1) is 7.74. The molecule has 5 heteroatoms. The lowest BCUT2D eigenvalue weighted by Crippen LogP contribution is -1.95. The first-order valence-corrected chi connectivity index (χ1v) is 5.02. The smallest absolute Gasteiger partial charge is 0.298 e. The van der Waals surface area contributed by atoms with E-state index in [2.05, 4.69) is 0 Å². The molecule has 0 saturated carbocycles. The van der Waals surface area contributed by atoms with Crippen molar-refractivity contribution >= 4 is 6.29 Å². The van der Waals surface area contributed by atoms with Crippen LogP contribution in [0.15, 0.2) is 18.2 Å². The molecule has 1 aromatic rings. The molecule has 1 aromatic carbocycles. The van der Waals surface area contributed by atoms with Gasteiger partial charge < -0.3 is 0 Å². The first-order valence-electron chi connectivity index (χ1n) is 5.02. The van der Waals surface area contributed by atoms with Gasteiger partial charge in [-0.05, 0) is 19.1 Å². The summed E-state index contributed by atoms with van der Waals surface area (Å²) in [7, 11) is 0. The summed E-state index contributed by atoms with van der Waals surface area (Å²) in [4.78, 5) is 10.1. The van der Waals surface area contributed by atoms with Crippen LogP contribution < -0.4 is 0 Å². The van der Waals surface area contributed by atoms with Crippen molar-refractivity contribution in [1.29, 1.82) is 0 Å². The maximum absolute atomic E-state index is 12.5. The molecule has 17 heavy (non-hydrogen) atoms. The van der Waals surface area contributed by atoms with E-state index in [4.69, 9.17) is 0 Å². The van der Waals surface area contributed by atoms with Gasteiger partial charge in [0.2, 0.25) is 0 Å². The van der Waals surface area contributed by atoms with Crippen LogP contribution in [0.5, 0.6) is 0 Å². The maximum atomic E-state index is 12.5. The van der Waals surface area contributed by atoms with E-state index in [1.54, 1.807) is 6.07 Å². The number of halogens is 4. The zero-order valence-corrected chi connectivity index (χ0v) is 10.2. The zero-order valence-electron chi connectivity index (χ0n) is 10.2. The zero-order chi connectivity index (χ0) is 14.1. The Morgan fingerprint density at radius 1 is 1.18 bits per heavy atom. The number of rotatable bonds is 1. The minimum atomic E-state index is -4.00. The Balaban J connectivity index is 0. The summed E-state index contributed by atoms with van der Waals surface area (Å²) in [5.41, 5.74) is 1.02. The molecule has 98 valence electrons. The molecule has 1 rings (SSSR count). The SMILES string of the molecule is CC.CC(F)(F)F.Cc1ccc(F)c(C=O)c1. The highest BCUT2D eigenvalue weighted by atomic mass is 19.4. The van der Waals surface area contributed by atoms with E-state index in [1.807, 2.05) is 20.8 Å². The molecule has 0 N–H and O–H groups in total. The predicted molar refractivity (Wildman–Crippen MR) is 59.6 cm³/mol. The van der Waals surface area contributed by atoms with Crippen molar-refractivity contribution in [2.75, 3.05) is 0 Å². The number of benzene rings is 1. The lowest BCUT2D eigenvalue weighted by Gasteiger charge is -1.94. The van der Waals surface area contributed by atoms with E-state index in [-0.39, 0.29) is 12.5 Å². The van der Waals surface area contributed by atoms with Gasteiger partial charge in [0, 0.05) is 6.92 Å². The molecule has 0 spiro atoms. The van der Waals surface area contributed by atoms with E-state index >= 15 is 0 Å². The van der Waals surface area contributed by atoms with E-state index in [9.17, 15) is 22.4 Å². The molecule has 0 aromatic heterocycles. The fraction of sp³-hybridized carbons (Fsp3) is 0.417. The molecule has 0 fully saturated rings. The van der Waals surface area contributed by atoms with Gasteiger partial charge in [0.25, 0.3) is 0 Å². The largest absolute Gasteiger partial charge is 0.386 e. The maximum Gasteiger partial charge on any atom is 0.386 e. The minimum Gasteiger partial charge on any atom is -0.298 e. The molecule has 0 amide bonds. The summed E-state index contributed by atoms with van der Waals surface area (Å²) >= 11 is 0. The van der Waals surface area contributed by atoms with Gasteiger partial charge in [-0.1, -0.05) is 25.5 Å². The quantitative estimate of drug-likeness (QED) is 0.529. The van der Waals surface area contributed by atoms with Crippen LogP contribution in [-0.2, 0) is 0 Å². The third-order valence-corrected chi connectivity index (χ3v) is 1.28. The number of hydrogen-bond donors (Lipinski definition) is 0. The molecule has 0 bridgehead atoms. The highest BCUT2D eigenvalue weighted by Gasteiger charge is 2.15. The second-order valence-electron chi connectivity index (χ2n) is 2.92. The van der Waals surface area contributed by atoms with Crippen molar-refractivity contribution < 1.29 is 22.4 Å². The standard InChI is InChI=1S/C8H7FO.C2H3F3.C2H6/c1-6-2-3-8(9)7(4-6)5-10;1-2(3,4)5;1-2/h2-5H,1H3;1H3;1-2H3. The molecule has 1 nitrogen and oxygen atoms in total. The molecule has 0 unspecified atom stereocenters. The summed E-state index contributed by atoms with van der Waals surface area (Å²) in [6, 6.07) is 4.43. The third-order valence-electron chi connectivity index (χ3n) is 1.28. The van der Waals surface area contributed by atoms with Crippen molar-refractivity contribution in [2.24, 2.45) is 0 Å². The van der Waals surface area contributed by atoms with Gasteiger partial charge in [0.15, 0.2) is 6.29 Å². The number of carbonyl (C=O) groups excluding carboxylic acids is 1. The fourth-order valence-corrected chi connectivity index (χ4v) is 0.753. The molecule has 0 aliphatic rings. The van der Waals surface area contributed by atoms with Gasteiger partial charge in [0.1, 0.15) is 5.82 Å². The van der Waals surface area contributed by atoms with Gasteiger partial charge in [-0.3, -0.25) is 4.79 Å². The number of aryl methyl sites for hydroxylation is 1. The lowest BCUT2D eigenvalue weighted by atomic mass is 10.1. The lowest BCUT2D eigenvalue weighted by molar-refractivity contribution is -0.110. The van der Waals surface area contributed by atoms with Crippen molar-refractivity contribution in [3.05, 3.63) is 35.1 Å². The van der Waals surface area contributed by atoms with Gasteiger partial charge in [0.05, 0.1) is 5.56 Å². The summed E-state index contributed by atoms with van der Waals surface area (Å²) < 4.78 is 43.6.